The molecule has 1 fully saturated rings. The number of hydrogen-bond acceptors (Lipinski definition) is 5. The third kappa shape index (κ3) is 3.70. The zero-order chi connectivity index (χ0) is 21.3. The van der Waals surface area contributed by atoms with Crippen molar-refractivity contribution in [2.24, 2.45) is 17.8 Å². The molecule has 8 nitrogen and oxygen atoms in total. The van der Waals surface area contributed by atoms with Crippen molar-refractivity contribution < 1.29 is 9.53 Å². The highest BCUT2D eigenvalue weighted by atomic mass is 16.5. The van der Waals surface area contributed by atoms with E-state index in [1.54, 1.807) is 0 Å². The lowest BCUT2D eigenvalue weighted by molar-refractivity contribution is -0.123. The number of allylic oxidation sites excluding steroid dienone is 2. The van der Waals surface area contributed by atoms with Crippen LogP contribution in [-0.4, -0.2) is 29.2 Å². The van der Waals surface area contributed by atoms with Crippen LogP contribution in [0.15, 0.2) is 52.1 Å². The number of nitrogen functional groups attached to an aromatic ring is 1. The molecule has 2 bridgehead atoms. The molecule has 1 heterocycles. The Hall–Kier alpha value is -3.13. The van der Waals surface area contributed by atoms with E-state index in [0.717, 1.165) is 18.4 Å². The summed E-state index contributed by atoms with van der Waals surface area (Å²) in [7, 11) is 1.52. The van der Waals surface area contributed by atoms with Crippen LogP contribution < -0.4 is 21.9 Å². The molecule has 0 spiro atoms. The fourth-order valence-corrected chi connectivity index (χ4v) is 4.54. The summed E-state index contributed by atoms with van der Waals surface area (Å²) < 4.78 is 6.29. The Labute approximate surface area is 174 Å². The standard InChI is InChI=1S/C22H26N4O4/c1-30-10-9-25-19(23)18(20(27)24-22(25)29)26(13-14-5-3-2-4-6-14)21(28)17-12-15-7-8-16(17)11-15/h2-8,15-17H,9-13,23H2,1H3,(H,24,27,29). The minimum atomic E-state index is -0.658. The first-order valence-electron chi connectivity index (χ1n) is 10.1. The van der Waals surface area contributed by atoms with Gasteiger partial charge < -0.3 is 10.5 Å². The van der Waals surface area contributed by atoms with Gasteiger partial charge >= 0.3 is 5.69 Å². The maximum atomic E-state index is 13.6. The second kappa shape index (κ2) is 8.31. The molecule has 4 rings (SSSR count). The smallest absolute Gasteiger partial charge is 0.330 e. The van der Waals surface area contributed by atoms with Crippen molar-refractivity contribution in [3.63, 3.8) is 0 Å². The van der Waals surface area contributed by atoms with Crippen molar-refractivity contribution in [3.8, 4) is 0 Å². The third-order valence-corrected chi connectivity index (χ3v) is 6.05. The number of aromatic amines is 1. The Kier molecular flexibility index (Phi) is 5.59. The van der Waals surface area contributed by atoms with Crippen LogP contribution in [0.4, 0.5) is 11.5 Å². The number of rotatable bonds is 7. The molecule has 0 radical (unpaired) electrons. The number of nitrogens with zero attached hydrogens (tertiary/aromatic N) is 2. The van der Waals surface area contributed by atoms with Crippen LogP contribution in [-0.2, 0) is 22.6 Å². The molecule has 1 saturated carbocycles. The quantitative estimate of drug-likeness (QED) is 0.673. The van der Waals surface area contributed by atoms with E-state index in [0.29, 0.717) is 5.92 Å². The molecule has 158 valence electrons. The number of hydrogen-bond donors (Lipinski definition) is 2. The number of aromatic nitrogens is 2. The van der Waals surface area contributed by atoms with Gasteiger partial charge in [0.15, 0.2) is 5.69 Å². The second-order valence-electron chi connectivity index (χ2n) is 7.93. The average molecular weight is 410 g/mol. The fraction of sp³-hybridized carbons (Fsp3) is 0.409. The number of anilines is 2. The number of fused-ring (bicyclic) bond motifs is 2. The summed E-state index contributed by atoms with van der Waals surface area (Å²) in [6.07, 6.45) is 6.01. The molecule has 3 atom stereocenters. The van der Waals surface area contributed by atoms with Gasteiger partial charge in [0.25, 0.3) is 5.56 Å². The molecule has 2 aromatic rings. The maximum absolute atomic E-state index is 13.6. The number of amides is 1. The maximum Gasteiger partial charge on any atom is 0.330 e. The van der Waals surface area contributed by atoms with Crippen LogP contribution in [0.2, 0.25) is 0 Å². The lowest BCUT2D eigenvalue weighted by atomic mass is 9.92. The first-order valence-corrected chi connectivity index (χ1v) is 10.1. The molecule has 1 aromatic heterocycles. The van der Waals surface area contributed by atoms with Gasteiger partial charge in [-0.05, 0) is 30.2 Å². The molecule has 8 heteroatoms. The molecule has 2 aliphatic carbocycles. The second-order valence-corrected chi connectivity index (χ2v) is 7.93. The number of H-pyrrole nitrogens is 1. The third-order valence-electron chi connectivity index (χ3n) is 6.05. The molecule has 30 heavy (non-hydrogen) atoms. The lowest BCUT2D eigenvalue weighted by Crippen LogP contribution is -2.44. The molecule has 0 aliphatic heterocycles. The van der Waals surface area contributed by atoms with E-state index in [4.69, 9.17) is 10.5 Å². The van der Waals surface area contributed by atoms with Gasteiger partial charge in [-0.2, -0.15) is 0 Å². The van der Waals surface area contributed by atoms with Crippen LogP contribution in [0.1, 0.15) is 18.4 Å². The van der Waals surface area contributed by atoms with E-state index in [1.165, 1.54) is 16.6 Å². The molecule has 1 aromatic carbocycles. The Morgan fingerprint density at radius 1 is 1.23 bits per heavy atom. The summed E-state index contributed by atoms with van der Waals surface area (Å²) in [6.45, 7) is 0.627. The zero-order valence-electron chi connectivity index (χ0n) is 16.9. The van der Waals surface area contributed by atoms with Gasteiger partial charge in [0.1, 0.15) is 5.82 Å². The normalized spacial score (nSPS) is 21.8. The minimum Gasteiger partial charge on any atom is -0.383 e. The van der Waals surface area contributed by atoms with Gasteiger partial charge in [0.2, 0.25) is 5.91 Å². The van der Waals surface area contributed by atoms with Gasteiger partial charge in [-0.15, -0.1) is 0 Å². The van der Waals surface area contributed by atoms with E-state index in [1.807, 2.05) is 30.3 Å². The number of carbonyl (C=O) groups is 1. The SMILES string of the molecule is COCCn1c(N)c(N(Cc2ccccc2)C(=O)C2CC3C=CC2C3)c(=O)[nH]c1=O. The molecule has 3 unspecified atom stereocenters. The number of nitrogens with two attached hydrogens (primary N) is 1. The van der Waals surface area contributed by atoms with Gasteiger partial charge in [0.05, 0.1) is 19.7 Å². The molecular formula is C22H26N4O4. The summed E-state index contributed by atoms with van der Waals surface area (Å²) >= 11 is 0. The Morgan fingerprint density at radius 3 is 2.63 bits per heavy atom. The Morgan fingerprint density at radius 2 is 2.00 bits per heavy atom. The van der Waals surface area contributed by atoms with E-state index < -0.39 is 11.2 Å². The van der Waals surface area contributed by atoms with Crippen molar-refractivity contribution in [1.29, 1.82) is 0 Å². The van der Waals surface area contributed by atoms with E-state index in [-0.39, 0.29) is 48.9 Å². The topological polar surface area (TPSA) is 110 Å². The van der Waals surface area contributed by atoms with Crippen molar-refractivity contribution in [2.45, 2.75) is 25.9 Å². The van der Waals surface area contributed by atoms with Gasteiger partial charge in [-0.3, -0.25) is 24.0 Å². The van der Waals surface area contributed by atoms with Gasteiger partial charge in [0, 0.05) is 13.0 Å². The monoisotopic (exact) mass is 410 g/mol. The van der Waals surface area contributed by atoms with Crippen molar-refractivity contribution in [1.82, 2.24) is 9.55 Å². The molecule has 2 aliphatic rings. The number of methoxy groups -OCH3 is 1. The highest BCUT2D eigenvalue weighted by Gasteiger charge is 2.42. The number of nitrogens with one attached hydrogen (secondary N) is 1. The highest BCUT2D eigenvalue weighted by molar-refractivity contribution is 5.97. The number of ether oxygens (including phenoxy) is 1. The summed E-state index contributed by atoms with van der Waals surface area (Å²) in [6, 6.07) is 9.44. The van der Waals surface area contributed by atoms with Crippen LogP contribution >= 0.6 is 0 Å². The van der Waals surface area contributed by atoms with E-state index in [2.05, 4.69) is 17.1 Å². The largest absolute Gasteiger partial charge is 0.383 e. The van der Waals surface area contributed by atoms with Crippen LogP contribution in [0.25, 0.3) is 0 Å². The first kappa shape index (κ1) is 20.2. The molecular weight excluding hydrogens is 384 g/mol. The minimum absolute atomic E-state index is 0.0197. The number of carbonyl (C=O) groups excluding carboxylic acids is 1. The Balaban J connectivity index is 1.77. The fourth-order valence-electron chi connectivity index (χ4n) is 4.54. The summed E-state index contributed by atoms with van der Waals surface area (Å²) in [4.78, 5) is 42.5. The van der Waals surface area contributed by atoms with Crippen LogP contribution in [0.5, 0.6) is 0 Å². The zero-order valence-corrected chi connectivity index (χ0v) is 16.9. The molecule has 3 N–H and O–H groups in total. The van der Waals surface area contributed by atoms with Crippen molar-refractivity contribution in [2.75, 3.05) is 24.4 Å². The van der Waals surface area contributed by atoms with Crippen LogP contribution in [0.3, 0.4) is 0 Å². The highest BCUT2D eigenvalue weighted by Crippen LogP contribution is 2.44. The lowest BCUT2D eigenvalue weighted by Gasteiger charge is -2.29. The summed E-state index contributed by atoms with van der Waals surface area (Å²) in [5.41, 5.74) is 5.89. The average Bonchev–Trinajstić information content (AvgIpc) is 3.37. The summed E-state index contributed by atoms with van der Waals surface area (Å²) in [5.74, 6) is 0.241. The summed E-state index contributed by atoms with van der Waals surface area (Å²) in [5, 5.41) is 0. The van der Waals surface area contributed by atoms with Crippen LogP contribution in [0, 0.1) is 17.8 Å². The van der Waals surface area contributed by atoms with Gasteiger partial charge in [-0.1, -0.05) is 42.5 Å². The Bertz CT molecular complexity index is 1070. The first-order chi connectivity index (χ1) is 14.5. The van der Waals surface area contributed by atoms with E-state index >= 15 is 0 Å². The number of benzene rings is 1. The van der Waals surface area contributed by atoms with Crippen molar-refractivity contribution >= 4 is 17.4 Å². The predicted molar refractivity (Wildman–Crippen MR) is 114 cm³/mol. The van der Waals surface area contributed by atoms with Gasteiger partial charge in [-0.25, -0.2) is 4.79 Å². The van der Waals surface area contributed by atoms with Crippen molar-refractivity contribution in [3.05, 3.63) is 68.9 Å². The predicted octanol–water partition coefficient (Wildman–Crippen LogP) is 1.51. The van der Waals surface area contributed by atoms with E-state index in [9.17, 15) is 14.4 Å². The molecule has 0 saturated heterocycles. The molecule has 1 amide bonds.